The van der Waals surface area contributed by atoms with Crippen LogP contribution in [-0.4, -0.2) is 25.8 Å². The Labute approximate surface area is 103 Å². The molecule has 90 valence electrons. The summed E-state index contributed by atoms with van der Waals surface area (Å²) in [6.45, 7) is 4.65. The van der Waals surface area contributed by atoms with Gasteiger partial charge in [-0.25, -0.2) is 9.78 Å². The number of thiazole rings is 1. The second kappa shape index (κ2) is 4.67. The third-order valence-electron chi connectivity index (χ3n) is 2.32. The number of hydrogen-bond acceptors (Lipinski definition) is 4. The fourth-order valence-electron chi connectivity index (χ4n) is 1.54. The largest absolute Gasteiger partial charge is 0.477 e. The zero-order chi connectivity index (χ0) is 12.4. The van der Waals surface area contributed by atoms with E-state index in [-0.39, 0.29) is 0 Å². The van der Waals surface area contributed by atoms with Gasteiger partial charge in [-0.05, 0) is 13.3 Å². The molecule has 0 atom stereocenters. The van der Waals surface area contributed by atoms with Gasteiger partial charge < -0.3 is 5.11 Å². The molecule has 0 aliphatic heterocycles. The fraction of sp³-hybridized carbons (Fsp3) is 0.364. The highest BCUT2D eigenvalue weighted by Crippen LogP contribution is 2.27. The van der Waals surface area contributed by atoms with Gasteiger partial charge in [-0.1, -0.05) is 6.92 Å². The number of carboxylic acid groups (broad SMARTS) is 1. The van der Waals surface area contributed by atoms with E-state index in [4.69, 9.17) is 5.11 Å². The molecule has 0 spiro atoms. The van der Waals surface area contributed by atoms with Crippen molar-refractivity contribution in [3.05, 3.63) is 23.0 Å². The summed E-state index contributed by atoms with van der Waals surface area (Å²) in [4.78, 5) is 15.5. The smallest absolute Gasteiger partial charge is 0.347 e. The Morgan fingerprint density at radius 2 is 2.35 bits per heavy atom. The van der Waals surface area contributed by atoms with Gasteiger partial charge in [0.25, 0.3) is 0 Å². The number of hydrogen-bond donors (Lipinski definition) is 1. The molecule has 0 radical (unpaired) electrons. The normalized spacial score (nSPS) is 10.7. The minimum absolute atomic E-state index is 0.295. The Kier molecular flexibility index (Phi) is 3.23. The highest BCUT2D eigenvalue weighted by molar-refractivity contribution is 7.17. The number of aromatic carboxylic acids is 1. The first-order valence-electron chi connectivity index (χ1n) is 5.35. The predicted octanol–water partition coefficient (Wildman–Crippen LogP) is 2.42. The Morgan fingerprint density at radius 3 is 2.94 bits per heavy atom. The third kappa shape index (κ3) is 2.36. The topological polar surface area (TPSA) is 68.0 Å². The second-order valence-corrected chi connectivity index (χ2v) is 4.73. The molecule has 5 nitrogen and oxygen atoms in total. The standard InChI is InChI=1S/C11H13N3O2S/c1-3-4-14-6-8(5-12-14)10-13-7(2)9(17-10)11(15)16/h5-6H,3-4H2,1-2H3,(H,15,16). The van der Waals surface area contributed by atoms with Crippen molar-refractivity contribution in [2.75, 3.05) is 0 Å². The highest BCUT2D eigenvalue weighted by Gasteiger charge is 2.15. The summed E-state index contributed by atoms with van der Waals surface area (Å²) >= 11 is 1.19. The van der Waals surface area contributed by atoms with Gasteiger partial charge in [0.2, 0.25) is 0 Å². The lowest BCUT2D eigenvalue weighted by Gasteiger charge is -1.94. The maximum Gasteiger partial charge on any atom is 0.347 e. The van der Waals surface area contributed by atoms with E-state index in [0.29, 0.717) is 15.6 Å². The van der Waals surface area contributed by atoms with Crippen LogP contribution in [0.3, 0.4) is 0 Å². The van der Waals surface area contributed by atoms with Crippen molar-refractivity contribution in [2.24, 2.45) is 0 Å². The number of rotatable bonds is 4. The summed E-state index contributed by atoms with van der Waals surface area (Å²) in [5, 5.41) is 13.9. The van der Waals surface area contributed by atoms with Gasteiger partial charge in [-0.2, -0.15) is 5.10 Å². The van der Waals surface area contributed by atoms with E-state index >= 15 is 0 Å². The SMILES string of the molecule is CCCn1cc(-c2nc(C)c(C(=O)O)s2)cn1. The molecule has 0 fully saturated rings. The lowest BCUT2D eigenvalue weighted by molar-refractivity contribution is 0.0701. The number of carbonyl (C=O) groups is 1. The van der Waals surface area contributed by atoms with Crippen molar-refractivity contribution in [3.63, 3.8) is 0 Å². The van der Waals surface area contributed by atoms with Crippen LogP contribution in [0.15, 0.2) is 12.4 Å². The van der Waals surface area contributed by atoms with Crippen molar-refractivity contribution >= 4 is 17.3 Å². The van der Waals surface area contributed by atoms with Crippen LogP contribution in [0.5, 0.6) is 0 Å². The Morgan fingerprint density at radius 1 is 1.59 bits per heavy atom. The Bertz CT molecular complexity index is 545. The molecule has 0 aliphatic carbocycles. The van der Waals surface area contributed by atoms with E-state index < -0.39 is 5.97 Å². The van der Waals surface area contributed by atoms with Crippen molar-refractivity contribution in [3.8, 4) is 10.6 Å². The maximum absolute atomic E-state index is 10.9. The van der Waals surface area contributed by atoms with E-state index in [1.165, 1.54) is 11.3 Å². The summed E-state index contributed by atoms with van der Waals surface area (Å²) in [6.07, 6.45) is 4.63. The molecule has 0 unspecified atom stereocenters. The molecule has 0 saturated carbocycles. The molecule has 6 heteroatoms. The molecule has 1 N–H and O–H groups in total. The van der Waals surface area contributed by atoms with Crippen LogP contribution in [-0.2, 0) is 6.54 Å². The monoisotopic (exact) mass is 251 g/mol. The van der Waals surface area contributed by atoms with Crippen LogP contribution >= 0.6 is 11.3 Å². The van der Waals surface area contributed by atoms with Gasteiger partial charge in [0.1, 0.15) is 9.88 Å². The molecule has 0 aromatic carbocycles. The highest BCUT2D eigenvalue weighted by atomic mass is 32.1. The summed E-state index contributed by atoms with van der Waals surface area (Å²) < 4.78 is 1.84. The zero-order valence-corrected chi connectivity index (χ0v) is 10.5. The van der Waals surface area contributed by atoms with Crippen LogP contribution in [0.25, 0.3) is 10.6 Å². The Hall–Kier alpha value is -1.69. The summed E-state index contributed by atoms with van der Waals surface area (Å²) in [5.74, 6) is -0.924. The van der Waals surface area contributed by atoms with E-state index in [0.717, 1.165) is 18.5 Å². The van der Waals surface area contributed by atoms with Crippen LogP contribution in [0.2, 0.25) is 0 Å². The van der Waals surface area contributed by atoms with Gasteiger partial charge >= 0.3 is 5.97 Å². The molecule has 17 heavy (non-hydrogen) atoms. The average Bonchev–Trinajstić information content (AvgIpc) is 2.85. The van der Waals surface area contributed by atoms with Crippen LogP contribution in [0, 0.1) is 6.92 Å². The Balaban J connectivity index is 2.32. The number of aromatic nitrogens is 3. The lowest BCUT2D eigenvalue weighted by Crippen LogP contribution is -1.95. The number of aryl methyl sites for hydroxylation is 2. The molecule has 0 bridgehead atoms. The van der Waals surface area contributed by atoms with Crippen LogP contribution in [0.4, 0.5) is 0 Å². The molecule has 0 aliphatic rings. The van der Waals surface area contributed by atoms with Gasteiger partial charge in [0, 0.05) is 18.3 Å². The number of nitrogens with zero attached hydrogens (tertiary/aromatic N) is 3. The summed E-state index contributed by atoms with van der Waals surface area (Å²) in [6, 6.07) is 0. The molecule has 2 aromatic heterocycles. The van der Waals surface area contributed by atoms with Gasteiger partial charge in [-0.15, -0.1) is 11.3 Å². The molecular formula is C11H13N3O2S. The van der Waals surface area contributed by atoms with E-state index in [2.05, 4.69) is 17.0 Å². The average molecular weight is 251 g/mol. The lowest BCUT2D eigenvalue weighted by atomic mass is 10.3. The first-order chi connectivity index (χ1) is 8.11. The molecule has 2 heterocycles. The fourth-order valence-corrected chi connectivity index (χ4v) is 2.42. The van der Waals surface area contributed by atoms with Crippen molar-refractivity contribution < 1.29 is 9.90 Å². The quantitative estimate of drug-likeness (QED) is 0.906. The van der Waals surface area contributed by atoms with E-state index in [1.807, 2.05) is 10.9 Å². The minimum atomic E-state index is -0.924. The van der Waals surface area contributed by atoms with E-state index in [9.17, 15) is 4.79 Å². The molecule has 2 rings (SSSR count). The number of carboxylic acids is 1. The van der Waals surface area contributed by atoms with Crippen molar-refractivity contribution in [1.82, 2.24) is 14.8 Å². The molecule has 0 amide bonds. The van der Waals surface area contributed by atoms with Crippen molar-refractivity contribution in [2.45, 2.75) is 26.8 Å². The van der Waals surface area contributed by atoms with E-state index in [1.54, 1.807) is 13.1 Å². The second-order valence-electron chi connectivity index (χ2n) is 3.73. The first-order valence-corrected chi connectivity index (χ1v) is 6.17. The maximum atomic E-state index is 10.9. The minimum Gasteiger partial charge on any atom is -0.477 e. The molecule has 2 aromatic rings. The van der Waals surface area contributed by atoms with Crippen LogP contribution in [0.1, 0.15) is 28.7 Å². The zero-order valence-electron chi connectivity index (χ0n) is 9.67. The van der Waals surface area contributed by atoms with Crippen molar-refractivity contribution in [1.29, 1.82) is 0 Å². The summed E-state index contributed by atoms with van der Waals surface area (Å²) in [7, 11) is 0. The third-order valence-corrected chi connectivity index (χ3v) is 3.52. The van der Waals surface area contributed by atoms with Gasteiger partial charge in [0.15, 0.2) is 0 Å². The van der Waals surface area contributed by atoms with Gasteiger partial charge in [0.05, 0.1) is 11.9 Å². The van der Waals surface area contributed by atoms with Gasteiger partial charge in [-0.3, -0.25) is 4.68 Å². The first kappa shape index (κ1) is 11.8. The predicted molar refractivity (Wildman–Crippen MR) is 65.3 cm³/mol. The molecule has 0 saturated heterocycles. The summed E-state index contributed by atoms with van der Waals surface area (Å²) in [5.41, 5.74) is 1.43. The molecular weight excluding hydrogens is 238 g/mol. The van der Waals surface area contributed by atoms with Crippen LogP contribution < -0.4 is 0 Å².